The number of hydrogen-bond acceptors (Lipinski definition) is 5. The fraction of sp³-hybridized carbons (Fsp3) is 0.346. The molecule has 0 saturated heterocycles. The van der Waals surface area contributed by atoms with Gasteiger partial charge in [-0.25, -0.2) is 14.5 Å². The van der Waals surface area contributed by atoms with E-state index in [1.54, 1.807) is 16.6 Å². The normalized spacial score (nSPS) is 12.8. The largest absolute Gasteiger partial charge is 0.491 e. The Hall–Kier alpha value is -3.16. The van der Waals surface area contributed by atoms with Gasteiger partial charge >= 0.3 is 0 Å². The Kier molecular flexibility index (Phi) is 6.77. The van der Waals surface area contributed by atoms with Crippen LogP contribution in [-0.2, 0) is 11.8 Å². The zero-order chi connectivity index (χ0) is 24.5. The molecule has 178 valence electrons. The fourth-order valence-corrected chi connectivity index (χ4v) is 3.78. The Bertz CT molecular complexity index is 1350. The maximum atomic E-state index is 12.0. The van der Waals surface area contributed by atoms with E-state index in [1.807, 2.05) is 25.1 Å². The number of halogens is 1. The monoisotopic (exact) mass is 480 g/mol. The first-order valence-electron chi connectivity index (χ1n) is 11.3. The van der Waals surface area contributed by atoms with Gasteiger partial charge in [0.25, 0.3) is 5.56 Å². The summed E-state index contributed by atoms with van der Waals surface area (Å²) in [7, 11) is 0. The molecule has 0 fully saturated rings. The Morgan fingerprint density at radius 1 is 1.12 bits per heavy atom. The summed E-state index contributed by atoms with van der Waals surface area (Å²) in [4.78, 5) is 21.2. The van der Waals surface area contributed by atoms with Gasteiger partial charge in [-0.3, -0.25) is 9.89 Å². The molecule has 2 aromatic heterocycles. The lowest BCUT2D eigenvalue weighted by atomic mass is 9.87. The highest BCUT2D eigenvalue weighted by Gasteiger charge is 2.16. The van der Waals surface area contributed by atoms with Gasteiger partial charge in [0.2, 0.25) is 0 Å². The Balaban J connectivity index is 1.51. The fourth-order valence-electron chi connectivity index (χ4n) is 3.66. The molecule has 2 heterocycles. The van der Waals surface area contributed by atoms with Crippen molar-refractivity contribution in [3.05, 3.63) is 80.9 Å². The van der Waals surface area contributed by atoms with Crippen LogP contribution in [-0.4, -0.2) is 37.4 Å². The van der Waals surface area contributed by atoms with Gasteiger partial charge in [-0.2, -0.15) is 0 Å². The summed E-state index contributed by atoms with van der Waals surface area (Å²) in [5, 5.41) is 13.9. The third-order valence-electron chi connectivity index (χ3n) is 5.71. The molecule has 0 aliphatic heterocycles. The van der Waals surface area contributed by atoms with Crippen molar-refractivity contribution in [2.75, 3.05) is 6.61 Å². The van der Waals surface area contributed by atoms with Gasteiger partial charge in [0.1, 0.15) is 18.2 Å². The summed E-state index contributed by atoms with van der Waals surface area (Å²) >= 11 is 6.05. The smallest absolute Gasteiger partial charge is 0.266 e. The summed E-state index contributed by atoms with van der Waals surface area (Å²) in [6.07, 6.45) is 0.125. The lowest BCUT2D eigenvalue weighted by Crippen LogP contribution is -2.20. The first kappa shape index (κ1) is 24.0. The van der Waals surface area contributed by atoms with Gasteiger partial charge in [0.05, 0.1) is 6.10 Å². The zero-order valence-electron chi connectivity index (χ0n) is 19.8. The number of hydrogen-bond donors (Lipinski definition) is 2. The number of aliphatic hydroxyl groups excluding tert-OH is 1. The molecule has 0 amide bonds. The highest BCUT2D eigenvalue weighted by atomic mass is 35.5. The lowest BCUT2D eigenvalue weighted by molar-refractivity contribution is 0.0996. The predicted octanol–water partition coefficient (Wildman–Crippen LogP) is 4.72. The van der Waals surface area contributed by atoms with Crippen molar-refractivity contribution in [1.29, 1.82) is 0 Å². The van der Waals surface area contributed by atoms with Crippen LogP contribution in [0.5, 0.6) is 5.75 Å². The van der Waals surface area contributed by atoms with E-state index >= 15 is 0 Å². The van der Waals surface area contributed by atoms with Gasteiger partial charge in [-0.1, -0.05) is 56.6 Å². The van der Waals surface area contributed by atoms with Crippen molar-refractivity contribution < 1.29 is 9.84 Å². The SMILES string of the molecule is Cc1cc(OCC(O)CCc2nc(-c3ccc(C(C)(C)C)cc3)nc3cc(=O)[nH]n23)ccc1Cl. The number of aryl methyl sites for hydroxylation is 2. The third kappa shape index (κ3) is 5.48. The zero-order valence-corrected chi connectivity index (χ0v) is 20.6. The van der Waals surface area contributed by atoms with Crippen LogP contribution >= 0.6 is 11.6 Å². The van der Waals surface area contributed by atoms with Crippen molar-refractivity contribution in [2.24, 2.45) is 0 Å². The van der Waals surface area contributed by atoms with E-state index in [1.165, 1.54) is 11.6 Å². The standard InChI is InChI=1S/C26H29ClN4O3/c1-16-13-20(10-11-21(16)27)34-15-19(32)9-12-22-28-25(29-23-14-24(33)30-31(22)23)17-5-7-18(8-6-17)26(2,3)4/h5-8,10-11,13-14,19,32H,9,12,15H2,1-4H3,(H,30,33). The number of fused-ring (bicyclic) bond motifs is 1. The molecule has 2 aromatic carbocycles. The van der Waals surface area contributed by atoms with Crippen molar-refractivity contribution in [3.8, 4) is 17.1 Å². The first-order chi connectivity index (χ1) is 16.1. The van der Waals surface area contributed by atoms with Gasteiger partial charge in [-0.05, 0) is 48.1 Å². The first-order valence-corrected chi connectivity index (χ1v) is 11.6. The molecular formula is C26H29ClN4O3. The number of nitrogens with zero attached hydrogens (tertiary/aromatic N) is 3. The van der Waals surface area contributed by atoms with Crippen LogP contribution in [0, 0.1) is 6.92 Å². The molecule has 7 nitrogen and oxygen atoms in total. The number of aliphatic hydroxyl groups is 1. The molecule has 0 saturated carbocycles. The van der Waals surface area contributed by atoms with Gasteiger partial charge in [0.15, 0.2) is 11.5 Å². The highest BCUT2D eigenvalue weighted by molar-refractivity contribution is 6.31. The average Bonchev–Trinajstić information content (AvgIpc) is 3.18. The minimum atomic E-state index is -0.710. The molecule has 4 aromatic rings. The van der Waals surface area contributed by atoms with Gasteiger partial charge in [-0.15, -0.1) is 0 Å². The van der Waals surface area contributed by atoms with E-state index in [-0.39, 0.29) is 17.6 Å². The molecule has 0 bridgehead atoms. The average molecular weight is 481 g/mol. The Morgan fingerprint density at radius 2 is 1.85 bits per heavy atom. The van der Waals surface area contributed by atoms with Crippen LogP contribution in [0.25, 0.3) is 17.0 Å². The highest BCUT2D eigenvalue weighted by Crippen LogP contribution is 2.25. The summed E-state index contributed by atoms with van der Waals surface area (Å²) in [6, 6.07) is 15.0. The van der Waals surface area contributed by atoms with Crippen LogP contribution in [0.4, 0.5) is 0 Å². The van der Waals surface area contributed by atoms with Crippen LogP contribution in [0.15, 0.2) is 53.3 Å². The minimum Gasteiger partial charge on any atom is -0.491 e. The molecule has 1 unspecified atom stereocenters. The number of rotatable bonds is 7. The minimum absolute atomic E-state index is 0.0470. The number of H-pyrrole nitrogens is 1. The second kappa shape index (κ2) is 9.60. The molecule has 0 aliphatic rings. The van der Waals surface area contributed by atoms with Gasteiger partial charge in [0, 0.05) is 23.1 Å². The molecule has 4 rings (SSSR count). The molecule has 1 atom stereocenters. The summed E-state index contributed by atoms with van der Waals surface area (Å²) < 4.78 is 7.28. The maximum Gasteiger partial charge on any atom is 0.266 e. The molecule has 34 heavy (non-hydrogen) atoms. The molecule has 0 spiro atoms. The maximum absolute atomic E-state index is 12.0. The van der Waals surface area contributed by atoms with E-state index in [0.717, 1.165) is 11.1 Å². The van der Waals surface area contributed by atoms with Gasteiger partial charge < -0.3 is 9.84 Å². The molecule has 2 N–H and O–H groups in total. The molecule has 8 heteroatoms. The quantitative estimate of drug-likeness (QED) is 0.399. The number of nitrogens with one attached hydrogen (secondary N) is 1. The number of aromatic amines is 1. The second-order valence-electron chi connectivity index (χ2n) is 9.52. The van der Waals surface area contributed by atoms with Crippen LogP contribution in [0.3, 0.4) is 0 Å². The van der Waals surface area contributed by atoms with Crippen molar-refractivity contribution in [2.45, 2.75) is 52.1 Å². The Morgan fingerprint density at radius 3 is 2.53 bits per heavy atom. The number of ether oxygens (including phenoxy) is 1. The molecular weight excluding hydrogens is 452 g/mol. The van der Waals surface area contributed by atoms with E-state index in [0.29, 0.717) is 40.9 Å². The summed E-state index contributed by atoms with van der Waals surface area (Å²) in [6.45, 7) is 8.53. The van der Waals surface area contributed by atoms with E-state index in [4.69, 9.17) is 21.3 Å². The van der Waals surface area contributed by atoms with Crippen molar-refractivity contribution in [3.63, 3.8) is 0 Å². The third-order valence-corrected chi connectivity index (χ3v) is 6.13. The van der Waals surface area contributed by atoms with Crippen molar-refractivity contribution >= 4 is 17.2 Å². The van der Waals surface area contributed by atoms with Crippen molar-refractivity contribution in [1.82, 2.24) is 19.6 Å². The topological polar surface area (TPSA) is 92.5 Å². The second-order valence-corrected chi connectivity index (χ2v) is 9.93. The van der Waals surface area contributed by atoms with Crippen LogP contribution < -0.4 is 10.3 Å². The van der Waals surface area contributed by atoms with E-state index in [2.05, 4.69) is 43.0 Å². The summed E-state index contributed by atoms with van der Waals surface area (Å²) in [5.74, 6) is 1.81. The lowest BCUT2D eigenvalue weighted by Gasteiger charge is -2.19. The summed E-state index contributed by atoms with van der Waals surface area (Å²) in [5.41, 5.74) is 3.29. The Labute approximate surface area is 203 Å². The van der Waals surface area contributed by atoms with E-state index < -0.39 is 6.10 Å². The molecule has 0 aliphatic carbocycles. The molecule has 0 radical (unpaired) electrons. The van der Waals surface area contributed by atoms with Crippen LogP contribution in [0.2, 0.25) is 5.02 Å². The number of benzene rings is 2. The predicted molar refractivity (Wildman–Crippen MR) is 134 cm³/mol. The van der Waals surface area contributed by atoms with Crippen LogP contribution in [0.1, 0.15) is 44.1 Å². The number of aromatic nitrogens is 4. The van der Waals surface area contributed by atoms with E-state index in [9.17, 15) is 9.90 Å².